The molecule has 10 heteroatoms. The third-order valence-electron chi connectivity index (χ3n) is 7.83. The molecule has 5 rings (SSSR count). The summed E-state index contributed by atoms with van der Waals surface area (Å²) >= 11 is 0. The minimum absolute atomic E-state index is 0.0524. The molecule has 230 valence electrons. The molecular formula is C34H37FN4O5. The predicted molar refractivity (Wildman–Crippen MR) is 167 cm³/mol. The van der Waals surface area contributed by atoms with Gasteiger partial charge in [-0.1, -0.05) is 30.3 Å². The summed E-state index contributed by atoms with van der Waals surface area (Å²) in [5, 5.41) is 3.09. The van der Waals surface area contributed by atoms with Gasteiger partial charge in [-0.15, -0.1) is 0 Å². The molecule has 0 radical (unpaired) electrons. The highest BCUT2D eigenvalue weighted by Gasteiger charge is 2.21. The Labute approximate surface area is 256 Å². The quantitative estimate of drug-likeness (QED) is 0.239. The van der Waals surface area contributed by atoms with E-state index in [4.69, 9.17) is 14.2 Å². The summed E-state index contributed by atoms with van der Waals surface area (Å²) < 4.78 is 32.8. The Morgan fingerprint density at radius 2 is 1.77 bits per heavy atom. The van der Waals surface area contributed by atoms with Crippen molar-refractivity contribution in [2.75, 3.05) is 52.8 Å². The van der Waals surface area contributed by atoms with Crippen molar-refractivity contribution in [3.63, 3.8) is 0 Å². The summed E-state index contributed by atoms with van der Waals surface area (Å²) in [6, 6.07) is 18.9. The average molecular weight is 601 g/mol. The zero-order valence-electron chi connectivity index (χ0n) is 25.2. The molecule has 1 fully saturated rings. The van der Waals surface area contributed by atoms with Crippen LogP contribution in [-0.2, 0) is 16.0 Å². The number of ether oxygens (including phenoxy) is 3. The van der Waals surface area contributed by atoms with Gasteiger partial charge in [0.1, 0.15) is 5.75 Å². The number of rotatable bonds is 10. The molecule has 0 bridgehead atoms. The summed E-state index contributed by atoms with van der Waals surface area (Å²) in [6.07, 6.45) is 4.36. The van der Waals surface area contributed by atoms with Crippen LogP contribution in [0.1, 0.15) is 18.4 Å². The fourth-order valence-electron chi connectivity index (χ4n) is 5.11. The summed E-state index contributed by atoms with van der Waals surface area (Å²) in [7, 11) is 5.25. The second kappa shape index (κ2) is 14.2. The highest BCUT2D eigenvalue weighted by molar-refractivity contribution is 6.39. The van der Waals surface area contributed by atoms with Crippen LogP contribution in [0.4, 0.5) is 10.1 Å². The molecule has 4 aromatic rings. The molecule has 1 aromatic heterocycles. The Morgan fingerprint density at radius 3 is 2.50 bits per heavy atom. The van der Waals surface area contributed by atoms with Gasteiger partial charge in [0.05, 0.1) is 19.2 Å². The van der Waals surface area contributed by atoms with Crippen molar-refractivity contribution >= 4 is 28.4 Å². The van der Waals surface area contributed by atoms with Crippen molar-refractivity contribution in [3.8, 4) is 23.0 Å². The van der Waals surface area contributed by atoms with Gasteiger partial charge >= 0.3 is 11.8 Å². The van der Waals surface area contributed by atoms with Gasteiger partial charge < -0.3 is 29.3 Å². The van der Waals surface area contributed by atoms with Gasteiger partial charge in [-0.25, -0.2) is 4.39 Å². The number of methoxy groups -OCH3 is 1. The van der Waals surface area contributed by atoms with E-state index in [2.05, 4.69) is 22.2 Å². The van der Waals surface area contributed by atoms with E-state index >= 15 is 4.39 Å². The maximum atomic E-state index is 15.1. The number of nitrogens with zero attached hydrogens (tertiary/aromatic N) is 3. The van der Waals surface area contributed by atoms with Crippen LogP contribution in [0.3, 0.4) is 0 Å². The molecule has 2 amide bonds. The van der Waals surface area contributed by atoms with Gasteiger partial charge in [0.25, 0.3) is 0 Å². The molecule has 44 heavy (non-hydrogen) atoms. The molecule has 2 heterocycles. The van der Waals surface area contributed by atoms with E-state index in [1.54, 1.807) is 38.6 Å². The molecule has 0 saturated carbocycles. The molecule has 0 aliphatic carbocycles. The number of pyridine rings is 1. The molecule has 3 aromatic carbocycles. The van der Waals surface area contributed by atoms with Gasteiger partial charge in [-0.3, -0.25) is 14.6 Å². The van der Waals surface area contributed by atoms with Crippen LogP contribution in [-0.4, -0.2) is 74.0 Å². The van der Waals surface area contributed by atoms with Gasteiger partial charge in [0.15, 0.2) is 23.1 Å². The van der Waals surface area contributed by atoms with Crippen molar-refractivity contribution in [1.29, 1.82) is 0 Å². The standard InChI is InChI=1S/C34H37FN4O5/c1-38-16-12-24(13-17-38)22-43-32-21-28-26(20-31(32)42-3)29(11-15-36-28)44-30-10-9-25(19-27(30)35)37-33(40)34(41)39(2)18-14-23-7-5-4-6-8-23/h4-11,15,19-21,24H,12-14,16-18,22H2,1-3H3,(H,37,40). The van der Waals surface area contributed by atoms with Crippen LogP contribution in [0.25, 0.3) is 10.9 Å². The maximum absolute atomic E-state index is 15.1. The number of hydrogen-bond donors (Lipinski definition) is 1. The van der Waals surface area contributed by atoms with E-state index in [9.17, 15) is 9.59 Å². The first kappa shape index (κ1) is 30.7. The highest BCUT2D eigenvalue weighted by atomic mass is 19.1. The van der Waals surface area contributed by atoms with Crippen molar-refractivity contribution in [2.24, 2.45) is 5.92 Å². The minimum Gasteiger partial charge on any atom is -0.493 e. The van der Waals surface area contributed by atoms with Crippen LogP contribution >= 0.6 is 0 Å². The van der Waals surface area contributed by atoms with E-state index in [-0.39, 0.29) is 11.4 Å². The number of piperidine rings is 1. The third-order valence-corrected chi connectivity index (χ3v) is 7.83. The monoisotopic (exact) mass is 600 g/mol. The third kappa shape index (κ3) is 7.62. The van der Waals surface area contributed by atoms with E-state index in [0.717, 1.165) is 37.6 Å². The molecule has 1 aliphatic heterocycles. The molecule has 1 saturated heterocycles. The topological polar surface area (TPSA) is 93.2 Å². The van der Waals surface area contributed by atoms with Crippen molar-refractivity contribution in [3.05, 3.63) is 84.3 Å². The number of nitrogens with one attached hydrogen (secondary N) is 1. The first-order valence-corrected chi connectivity index (χ1v) is 14.7. The van der Waals surface area contributed by atoms with Crippen LogP contribution in [0.15, 0.2) is 72.9 Å². The largest absolute Gasteiger partial charge is 0.493 e. The lowest BCUT2D eigenvalue weighted by Gasteiger charge is -2.28. The lowest BCUT2D eigenvalue weighted by Crippen LogP contribution is -2.38. The highest BCUT2D eigenvalue weighted by Crippen LogP contribution is 2.38. The number of carbonyl (C=O) groups excluding carboxylic acids is 2. The van der Waals surface area contributed by atoms with E-state index in [0.29, 0.717) is 53.6 Å². The van der Waals surface area contributed by atoms with E-state index < -0.39 is 17.6 Å². The number of likely N-dealkylation sites (tertiary alicyclic amines) is 1. The average Bonchev–Trinajstić information content (AvgIpc) is 3.04. The molecule has 0 atom stereocenters. The fourth-order valence-corrected chi connectivity index (χ4v) is 5.11. The molecular weight excluding hydrogens is 563 g/mol. The van der Waals surface area contributed by atoms with Crippen LogP contribution < -0.4 is 19.5 Å². The SMILES string of the molecule is COc1cc2c(Oc3ccc(NC(=O)C(=O)N(C)CCc4ccccc4)cc3F)ccnc2cc1OCC1CCN(C)CC1. The molecule has 1 N–H and O–H groups in total. The second-order valence-electron chi connectivity index (χ2n) is 11.1. The molecule has 0 spiro atoms. The molecule has 0 unspecified atom stereocenters. The van der Waals surface area contributed by atoms with Gasteiger partial charge in [0, 0.05) is 43.0 Å². The maximum Gasteiger partial charge on any atom is 0.313 e. The van der Waals surface area contributed by atoms with Crippen LogP contribution in [0.2, 0.25) is 0 Å². The Hall–Kier alpha value is -4.70. The number of hydrogen-bond acceptors (Lipinski definition) is 7. The molecule has 1 aliphatic rings. The predicted octanol–water partition coefficient (Wildman–Crippen LogP) is 5.54. The summed E-state index contributed by atoms with van der Waals surface area (Å²) in [6.45, 7) is 3.07. The summed E-state index contributed by atoms with van der Waals surface area (Å²) in [4.78, 5) is 33.2. The van der Waals surface area contributed by atoms with Crippen LogP contribution in [0, 0.1) is 11.7 Å². The number of fused-ring (bicyclic) bond motifs is 1. The van der Waals surface area contributed by atoms with Crippen molar-refractivity contribution < 1.29 is 28.2 Å². The number of halogens is 1. The number of benzene rings is 3. The Bertz CT molecular complexity index is 1610. The smallest absolute Gasteiger partial charge is 0.313 e. The number of anilines is 1. The van der Waals surface area contributed by atoms with Crippen molar-refractivity contribution in [1.82, 2.24) is 14.8 Å². The first-order valence-electron chi connectivity index (χ1n) is 14.7. The number of carbonyl (C=O) groups is 2. The first-order chi connectivity index (χ1) is 21.3. The van der Waals surface area contributed by atoms with E-state index in [1.165, 1.54) is 17.0 Å². The Morgan fingerprint density at radius 1 is 1.00 bits per heavy atom. The van der Waals surface area contributed by atoms with Crippen LogP contribution in [0.5, 0.6) is 23.0 Å². The van der Waals surface area contributed by atoms with Gasteiger partial charge in [-0.05, 0) is 75.1 Å². The summed E-state index contributed by atoms with van der Waals surface area (Å²) in [5.41, 5.74) is 1.81. The lowest BCUT2D eigenvalue weighted by molar-refractivity contribution is -0.142. The Balaban J connectivity index is 1.23. The zero-order chi connectivity index (χ0) is 31.1. The van der Waals surface area contributed by atoms with Gasteiger partial charge in [-0.2, -0.15) is 0 Å². The fraction of sp³-hybridized carbons (Fsp3) is 0.324. The van der Waals surface area contributed by atoms with Crippen molar-refractivity contribution in [2.45, 2.75) is 19.3 Å². The van der Waals surface area contributed by atoms with E-state index in [1.807, 2.05) is 30.3 Å². The second-order valence-corrected chi connectivity index (χ2v) is 11.1. The number of likely N-dealkylation sites (N-methyl/N-ethyl adjacent to an activating group) is 1. The minimum atomic E-state index is -0.852. The number of aromatic nitrogens is 1. The van der Waals surface area contributed by atoms with Gasteiger partial charge in [0.2, 0.25) is 0 Å². The summed E-state index contributed by atoms with van der Waals surface area (Å²) in [5.74, 6) is -0.352. The molecule has 9 nitrogen and oxygen atoms in total. The number of amides is 2. The lowest BCUT2D eigenvalue weighted by atomic mass is 9.98. The Kier molecular flexibility index (Phi) is 9.91. The zero-order valence-corrected chi connectivity index (χ0v) is 25.2. The normalized spacial score (nSPS) is 13.8.